The second kappa shape index (κ2) is 8.06. The van der Waals surface area contributed by atoms with E-state index in [1.807, 2.05) is 0 Å². The van der Waals surface area contributed by atoms with Crippen molar-refractivity contribution in [3.05, 3.63) is 0 Å². The van der Waals surface area contributed by atoms with Crippen LogP contribution in [0.5, 0.6) is 0 Å². The van der Waals surface area contributed by atoms with Crippen LogP contribution in [0.25, 0.3) is 0 Å². The molecule has 0 N–H and O–H groups in total. The lowest BCUT2D eigenvalue weighted by Crippen LogP contribution is -2.27. The third-order valence-electron chi connectivity index (χ3n) is 4.28. The van der Waals surface area contributed by atoms with Gasteiger partial charge in [-0.05, 0) is 31.6 Å². The summed E-state index contributed by atoms with van der Waals surface area (Å²) in [5.74, 6) is -0.451. The molecule has 0 spiro atoms. The predicted octanol–water partition coefficient (Wildman–Crippen LogP) is 6.11. The number of unbranched alkanes of at least 4 members (excludes halogenated alkanes) is 5. The molecule has 1 fully saturated rings. The molecule has 0 aliphatic heterocycles. The van der Waals surface area contributed by atoms with Gasteiger partial charge in [0.1, 0.15) is 0 Å². The lowest BCUT2D eigenvalue weighted by Gasteiger charge is -2.29. The number of rotatable bonds is 7. The van der Waals surface area contributed by atoms with Gasteiger partial charge in [0.15, 0.2) is 0 Å². The molecule has 0 aromatic carbocycles. The zero-order chi connectivity index (χ0) is 13.4. The van der Waals surface area contributed by atoms with Crippen LogP contribution in [-0.4, -0.2) is 6.18 Å². The van der Waals surface area contributed by atoms with E-state index in [0.717, 1.165) is 19.3 Å². The van der Waals surface area contributed by atoms with Gasteiger partial charge in [0, 0.05) is 0 Å². The number of hydrogen-bond acceptors (Lipinski definition) is 0. The largest absolute Gasteiger partial charge is 0.391 e. The first-order chi connectivity index (χ1) is 8.54. The van der Waals surface area contributed by atoms with Crippen molar-refractivity contribution in [3.8, 4) is 0 Å². The van der Waals surface area contributed by atoms with Gasteiger partial charge < -0.3 is 0 Å². The molecule has 0 unspecified atom stereocenters. The van der Waals surface area contributed by atoms with Gasteiger partial charge in [-0.1, -0.05) is 51.9 Å². The summed E-state index contributed by atoms with van der Waals surface area (Å²) in [4.78, 5) is 0. The zero-order valence-corrected chi connectivity index (χ0v) is 11.6. The molecule has 3 heteroatoms. The molecular weight excluding hydrogens is 237 g/mol. The molecule has 0 nitrogen and oxygen atoms in total. The average Bonchev–Trinajstić information content (AvgIpc) is 2.33. The maximum absolute atomic E-state index is 12.5. The maximum Gasteiger partial charge on any atom is 0.391 e. The first-order valence-electron chi connectivity index (χ1n) is 7.60. The molecule has 0 aromatic rings. The SMILES string of the molecule is CCCCCCCCC1CCC(C(F)(F)F)CC1. The van der Waals surface area contributed by atoms with Crippen LogP contribution < -0.4 is 0 Å². The lowest BCUT2D eigenvalue weighted by molar-refractivity contribution is -0.184. The lowest BCUT2D eigenvalue weighted by atomic mass is 9.79. The third-order valence-corrected chi connectivity index (χ3v) is 4.28. The van der Waals surface area contributed by atoms with Crippen molar-refractivity contribution in [1.29, 1.82) is 0 Å². The molecule has 1 saturated carbocycles. The minimum absolute atomic E-state index is 0.365. The van der Waals surface area contributed by atoms with Crippen molar-refractivity contribution >= 4 is 0 Å². The molecule has 1 aliphatic carbocycles. The monoisotopic (exact) mass is 264 g/mol. The molecule has 1 aliphatic rings. The molecule has 0 bridgehead atoms. The van der Waals surface area contributed by atoms with Gasteiger partial charge in [0.2, 0.25) is 0 Å². The molecule has 0 radical (unpaired) electrons. The van der Waals surface area contributed by atoms with Crippen molar-refractivity contribution in [1.82, 2.24) is 0 Å². The summed E-state index contributed by atoms with van der Waals surface area (Å²) in [5.41, 5.74) is 0. The Balaban J connectivity index is 2.02. The van der Waals surface area contributed by atoms with E-state index in [-0.39, 0.29) is 0 Å². The van der Waals surface area contributed by atoms with Gasteiger partial charge in [0.05, 0.1) is 5.92 Å². The molecular formula is C15H27F3. The van der Waals surface area contributed by atoms with Crippen LogP contribution in [0.3, 0.4) is 0 Å². The predicted molar refractivity (Wildman–Crippen MR) is 69.5 cm³/mol. The van der Waals surface area contributed by atoms with E-state index in [0.29, 0.717) is 18.8 Å². The third kappa shape index (κ3) is 6.10. The molecule has 18 heavy (non-hydrogen) atoms. The molecule has 1 rings (SSSR count). The van der Waals surface area contributed by atoms with E-state index in [2.05, 4.69) is 6.92 Å². The summed E-state index contributed by atoms with van der Waals surface area (Å²) in [6.45, 7) is 2.21. The van der Waals surface area contributed by atoms with E-state index < -0.39 is 12.1 Å². The van der Waals surface area contributed by atoms with Gasteiger partial charge in [-0.25, -0.2) is 0 Å². The van der Waals surface area contributed by atoms with Crippen LogP contribution in [0, 0.1) is 11.8 Å². The summed E-state index contributed by atoms with van der Waals surface area (Å²) in [6.07, 6.45) is 7.18. The summed E-state index contributed by atoms with van der Waals surface area (Å²) < 4.78 is 37.5. The van der Waals surface area contributed by atoms with Crippen molar-refractivity contribution in [2.45, 2.75) is 83.7 Å². The second-order valence-corrected chi connectivity index (χ2v) is 5.82. The minimum atomic E-state index is -3.95. The van der Waals surface area contributed by atoms with Crippen molar-refractivity contribution in [2.24, 2.45) is 11.8 Å². The fourth-order valence-electron chi connectivity index (χ4n) is 2.99. The van der Waals surface area contributed by atoms with E-state index >= 15 is 0 Å². The fraction of sp³-hybridized carbons (Fsp3) is 1.00. The van der Waals surface area contributed by atoms with Crippen molar-refractivity contribution in [2.75, 3.05) is 0 Å². The van der Waals surface area contributed by atoms with Crippen LogP contribution in [0.4, 0.5) is 13.2 Å². The fourth-order valence-corrected chi connectivity index (χ4v) is 2.99. The number of halogens is 3. The highest BCUT2D eigenvalue weighted by Gasteiger charge is 2.41. The van der Waals surface area contributed by atoms with Gasteiger partial charge >= 0.3 is 6.18 Å². The summed E-state index contributed by atoms with van der Waals surface area (Å²) >= 11 is 0. The zero-order valence-electron chi connectivity index (χ0n) is 11.6. The molecule has 0 atom stereocenters. The van der Waals surface area contributed by atoms with Gasteiger partial charge in [0.25, 0.3) is 0 Å². The second-order valence-electron chi connectivity index (χ2n) is 5.82. The van der Waals surface area contributed by atoms with E-state index in [9.17, 15) is 13.2 Å². The van der Waals surface area contributed by atoms with E-state index in [1.165, 1.54) is 38.5 Å². The highest BCUT2D eigenvalue weighted by molar-refractivity contribution is 4.77. The maximum atomic E-state index is 12.5. The molecule has 0 saturated heterocycles. The first-order valence-corrected chi connectivity index (χ1v) is 7.60. The van der Waals surface area contributed by atoms with Crippen LogP contribution >= 0.6 is 0 Å². The van der Waals surface area contributed by atoms with Crippen molar-refractivity contribution in [3.63, 3.8) is 0 Å². The topological polar surface area (TPSA) is 0 Å². The summed E-state index contributed by atoms with van der Waals surface area (Å²) in [5, 5.41) is 0. The van der Waals surface area contributed by atoms with Crippen LogP contribution in [0.1, 0.15) is 77.6 Å². The Hall–Kier alpha value is -0.210. The molecule has 0 amide bonds. The van der Waals surface area contributed by atoms with Gasteiger partial charge in [-0.2, -0.15) is 13.2 Å². The van der Waals surface area contributed by atoms with E-state index in [4.69, 9.17) is 0 Å². The van der Waals surface area contributed by atoms with Gasteiger partial charge in [-0.3, -0.25) is 0 Å². The Morgan fingerprint density at radius 1 is 0.833 bits per heavy atom. The standard InChI is InChI=1S/C15H27F3/c1-2-3-4-5-6-7-8-13-9-11-14(12-10-13)15(16,17)18/h13-14H,2-12H2,1H3. The Labute approximate surface area is 109 Å². The quantitative estimate of drug-likeness (QED) is 0.487. The Kier molecular flexibility index (Phi) is 7.10. The van der Waals surface area contributed by atoms with Gasteiger partial charge in [-0.15, -0.1) is 0 Å². The van der Waals surface area contributed by atoms with E-state index in [1.54, 1.807) is 0 Å². The highest BCUT2D eigenvalue weighted by Crippen LogP contribution is 2.40. The summed E-state index contributed by atoms with van der Waals surface area (Å²) in [6, 6.07) is 0. The molecule has 0 heterocycles. The van der Waals surface area contributed by atoms with Crippen molar-refractivity contribution < 1.29 is 13.2 Å². The average molecular weight is 264 g/mol. The Bertz CT molecular complexity index is 202. The van der Waals surface area contributed by atoms with Crippen LogP contribution in [-0.2, 0) is 0 Å². The number of hydrogen-bond donors (Lipinski definition) is 0. The Morgan fingerprint density at radius 2 is 1.39 bits per heavy atom. The Morgan fingerprint density at radius 3 is 1.94 bits per heavy atom. The highest BCUT2D eigenvalue weighted by atomic mass is 19.4. The normalized spacial score (nSPS) is 25.3. The molecule has 108 valence electrons. The first kappa shape index (κ1) is 15.8. The summed E-state index contributed by atoms with van der Waals surface area (Å²) in [7, 11) is 0. The van der Waals surface area contributed by atoms with Crippen LogP contribution in [0.15, 0.2) is 0 Å². The minimum Gasteiger partial charge on any atom is -0.171 e. The smallest absolute Gasteiger partial charge is 0.171 e. The number of alkyl halides is 3. The van der Waals surface area contributed by atoms with Crippen LogP contribution in [0.2, 0.25) is 0 Å². The molecule has 0 aromatic heterocycles.